The van der Waals surface area contributed by atoms with Crippen LogP contribution in [0.1, 0.15) is 44.9 Å². The number of aliphatic hydroxyl groups is 1. The predicted molar refractivity (Wildman–Crippen MR) is 82.1 cm³/mol. The van der Waals surface area contributed by atoms with E-state index in [1.165, 1.54) is 45.6 Å². The number of nitrogens with one attached hydrogen (secondary N) is 1. The Hall–Kier alpha value is -0.650. The minimum Gasteiger partial charge on any atom is -0.396 e. The highest BCUT2D eigenvalue weighted by atomic mass is 16.5. The maximum atomic E-state index is 11.8. The quantitative estimate of drug-likeness (QED) is 0.748. The van der Waals surface area contributed by atoms with Gasteiger partial charge in [0.15, 0.2) is 0 Å². The summed E-state index contributed by atoms with van der Waals surface area (Å²) in [5.74, 6) is 0.0940. The van der Waals surface area contributed by atoms with E-state index < -0.39 is 0 Å². The standard InChI is InChI=1S/C16H30N2O3/c1-21-12-16(20)17-15-10-18(9-8-13(15)11-19)14-6-4-2-3-5-7-14/h13-15,19H,2-12H2,1H3,(H,17,20)/t13-,15-/m1/s1. The van der Waals surface area contributed by atoms with Gasteiger partial charge in [-0.3, -0.25) is 9.69 Å². The minimum absolute atomic E-state index is 0.0506. The fourth-order valence-corrected chi connectivity index (χ4v) is 3.74. The van der Waals surface area contributed by atoms with E-state index in [2.05, 4.69) is 10.2 Å². The lowest BCUT2D eigenvalue weighted by Crippen LogP contribution is -2.56. The van der Waals surface area contributed by atoms with Crippen LogP contribution in [0.2, 0.25) is 0 Å². The van der Waals surface area contributed by atoms with E-state index in [0.29, 0.717) is 6.04 Å². The first-order valence-electron chi connectivity index (χ1n) is 8.37. The number of amides is 1. The molecule has 0 spiro atoms. The van der Waals surface area contributed by atoms with Crippen LogP contribution in [-0.2, 0) is 9.53 Å². The third-order valence-electron chi connectivity index (χ3n) is 4.98. The van der Waals surface area contributed by atoms with Gasteiger partial charge in [0, 0.05) is 38.3 Å². The highest BCUT2D eigenvalue weighted by molar-refractivity contribution is 5.77. The zero-order valence-electron chi connectivity index (χ0n) is 13.2. The van der Waals surface area contributed by atoms with E-state index in [4.69, 9.17) is 4.74 Å². The Morgan fingerprint density at radius 3 is 2.57 bits per heavy atom. The summed E-state index contributed by atoms with van der Waals surface area (Å²) in [4.78, 5) is 14.3. The Morgan fingerprint density at radius 1 is 1.24 bits per heavy atom. The van der Waals surface area contributed by atoms with Crippen molar-refractivity contribution in [3.63, 3.8) is 0 Å². The van der Waals surface area contributed by atoms with E-state index in [-0.39, 0.29) is 31.1 Å². The molecule has 2 N–H and O–H groups in total. The Kier molecular flexibility index (Phi) is 6.93. The van der Waals surface area contributed by atoms with Crippen molar-refractivity contribution in [2.75, 3.05) is 33.4 Å². The molecule has 0 aromatic carbocycles. The van der Waals surface area contributed by atoms with E-state index in [9.17, 15) is 9.90 Å². The molecule has 21 heavy (non-hydrogen) atoms. The molecule has 0 bridgehead atoms. The molecule has 1 aliphatic heterocycles. The number of likely N-dealkylation sites (tertiary alicyclic amines) is 1. The number of rotatable bonds is 5. The second-order valence-corrected chi connectivity index (χ2v) is 6.48. The molecule has 0 radical (unpaired) electrons. The highest BCUT2D eigenvalue weighted by Crippen LogP contribution is 2.26. The van der Waals surface area contributed by atoms with Gasteiger partial charge in [-0.05, 0) is 25.8 Å². The lowest BCUT2D eigenvalue weighted by atomic mass is 9.90. The molecule has 1 saturated heterocycles. The van der Waals surface area contributed by atoms with Crippen LogP contribution in [0.15, 0.2) is 0 Å². The van der Waals surface area contributed by atoms with Gasteiger partial charge in [-0.2, -0.15) is 0 Å². The summed E-state index contributed by atoms with van der Waals surface area (Å²) in [5.41, 5.74) is 0. The summed E-state index contributed by atoms with van der Waals surface area (Å²) in [6, 6.07) is 0.712. The molecule has 2 rings (SSSR count). The van der Waals surface area contributed by atoms with E-state index >= 15 is 0 Å². The first-order valence-corrected chi connectivity index (χ1v) is 8.37. The molecular formula is C16H30N2O3. The van der Waals surface area contributed by atoms with Crippen molar-refractivity contribution in [1.82, 2.24) is 10.2 Å². The summed E-state index contributed by atoms with van der Waals surface area (Å²) in [6.45, 7) is 2.16. The van der Waals surface area contributed by atoms with E-state index in [1.54, 1.807) is 0 Å². The highest BCUT2D eigenvalue weighted by Gasteiger charge is 2.33. The van der Waals surface area contributed by atoms with Crippen LogP contribution in [0.3, 0.4) is 0 Å². The number of carbonyl (C=O) groups is 1. The Labute approximate surface area is 128 Å². The van der Waals surface area contributed by atoms with Crippen molar-refractivity contribution in [1.29, 1.82) is 0 Å². The predicted octanol–water partition coefficient (Wildman–Crippen LogP) is 1.15. The lowest BCUT2D eigenvalue weighted by molar-refractivity contribution is -0.126. The minimum atomic E-state index is -0.0799. The van der Waals surface area contributed by atoms with Crippen molar-refractivity contribution in [3.05, 3.63) is 0 Å². The number of hydrogen-bond donors (Lipinski definition) is 2. The molecule has 1 amide bonds. The molecule has 1 saturated carbocycles. The molecule has 5 heteroatoms. The van der Waals surface area contributed by atoms with E-state index in [1.807, 2.05) is 0 Å². The van der Waals surface area contributed by atoms with Crippen LogP contribution >= 0.6 is 0 Å². The second kappa shape index (κ2) is 8.71. The number of aliphatic hydroxyl groups excluding tert-OH is 1. The zero-order valence-corrected chi connectivity index (χ0v) is 13.2. The van der Waals surface area contributed by atoms with Gasteiger partial charge in [0.1, 0.15) is 6.61 Å². The first-order chi connectivity index (χ1) is 10.2. The first kappa shape index (κ1) is 16.7. The third-order valence-corrected chi connectivity index (χ3v) is 4.98. The summed E-state index contributed by atoms with van der Waals surface area (Å²) in [5, 5.41) is 12.6. The fourth-order valence-electron chi connectivity index (χ4n) is 3.74. The lowest BCUT2D eigenvalue weighted by Gasteiger charge is -2.42. The van der Waals surface area contributed by atoms with Gasteiger partial charge in [0.05, 0.1) is 0 Å². The Morgan fingerprint density at radius 2 is 1.95 bits per heavy atom. The summed E-state index contributed by atoms with van der Waals surface area (Å²) < 4.78 is 4.89. The summed E-state index contributed by atoms with van der Waals surface area (Å²) in [6.07, 6.45) is 8.89. The average molecular weight is 298 g/mol. The smallest absolute Gasteiger partial charge is 0.246 e. The van der Waals surface area contributed by atoms with Gasteiger partial charge in [-0.25, -0.2) is 0 Å². The fraction of sp³-hybridized carbons (Fsp3) is 0.938. The molecule has 2 atom stereocenters. The van der Waals surface area contributed by atoms with E-state index in [0.717, 1.165) is 19.5 Å². The van der Waals surface area contributed by atoms with Gasteiger partial charge >= 0.3 is 0 Å². The topological polar surface area (TPSA) is 61.8 Å². The van der Waals surface area contributed by atoms with Crippen molar-refractivity contribution >= 4 is 5.91 Å². The van der Waals surface area contributed by atoms with Crippen LogP contribution in [0.4, 0.5) is 0 Å². The number of nitrogens with zero attached hydrogens (tertiary/aromatic N) is 1. The third kappa shape index (κ3) is 4.94. The zero-order chi connectivity index (χ0) is 15.1. The molecular weight excluding hydrogens is 268 g/mol. The van der Waals surface area contributed by atoms with Gasteiger partial charge in [-0.1, -0.05) is 25.7 Å². The Balaban J connectivity index is 1.91. The molecule has 1 heterocycles. The normalized spacial score (nSPS) is 29.0. The molecule has 2 fully saturated rings. The van der Waals surface area contributed by atoms with Crippen LogP contribution in [-0.4, -0.2) is 61.4 Å². The SMILES string of the molecule is COCC(=O)N[C@@H]1CN(C2CCCCCC2)CC[C@@H]1CO. The van der Waals surface area contributed by atoms with Crippen LogP contribution in [0, 0.1) is 5.92 Å². The van der Waals surface area contributed by atoms with Gasteiger partial charge in [0.25, 0.3) is 0 Å². The maximum Gasteiger partial charge on any atom is 0.246 e. The molecule has 5 nitrogen and oxygen atoms in total. The average Bonchev–Trinajstić information content (AvgIpc) is 2.76. The number of ether oxygens (including phenoxy) is 1. The van der Waals surface area contributed by atoms with Crippen molar-refractivity contribution in [2.24, 2.45) is 5.92 Å². The van der Waals surface area contributed by atoms with Crippen molar-refractivity contribution < 1.29 is 14.6 Å². The molecule has 0 aromatic rings. The van der Waals surface area contributed by atoms with Crippen LogP contribution in [0.25, 0.3) is 0 Å². The van der Waals surface area contributed by atoms with Crippen LogP contribution < -0.4 is 5.32 Å². The molecule has 2 aliphatic rings. The molecule has 0 unspecified atom stereocenters. The molecule has 1 aliphatic carbocycles. The Bertz CT molecular complexity index is 317. The molecule has 0 aromatic heterocycles. The van der Waals surface area contributed by atoms with Gasteiger partial charge in [0.2, 0.25) is 5.91 Å². The van der Waals surface area contributed by atoms with Crippen molar-refractivity contribution in [2.45, 2.75) is 57.0 Å². The monoisotopic (exact) mass is 298 g/mol. The number of carbonyl (C=O) groups excluding carboxylic acids is 1. The van der Waals surface area contributed by atoms with Gasteiger partial charge in [-0.15, -0.1) is 0 Å². The van der Waals surface area contributed by atoms with Gasteiger partial charge < -0.3 is 15.2 Å². The van der Waals surface area contributed by atoms with Crippen LogP contribution in [0.5, 0.6) is 0 Å². The van der Waals surface area contributed by atoms with Crippen molar-refractivity contribution in [3.8, 4) is 0 Å². The second-order valence-electron chi connectivity index (χ2n) is 6.48. The number of hydrogen-bond acceptors (Lipinski definition) is 4. The molecule has 122 valence electrons. The largest absolute Gasteiger partial charge is 0.396 e. The summed E-state index contributed by atoms with van der Waals surface area (Å²) in [7, 11) is 1.53. The summed E-state index contributed by atoms with van der Waals surface area (Å²) >= 11 is 0. The number of methoxy groups -OCH3 is 1. The number of piperidine rings is 1. The maximum absolute atomic E-state index is 11.8.